The largest absolute Gasteiger partial charge is 0.493 e. The molecule has 6 nitrogen and oxygen atoms in total. The minimum Gasteiger partial charge on any atom is -0.493 e. The van der Waals surface area contributed by atoms with E-state index in [1.807, 2.05) is 24.3 Å². The first-order valence-electron chi connectivity index (χ1n) is 9.92. The molecule has 3 aromatic rings. The molecule has 1 aliphatic heterocycles. The molecule has 0 unspecified atom stereocenters. The Labute approximate surface area is 176 Å². The van der Waals surface area contributed by atoms with Crippen molar-refractivity contribution in [3.05, 3.63) is 46.6 Å². The summed E-state index contributed by atoms with van der Waals surface area (Å²) >= 11 is 6.29. The molecule has 0 bridgehead atoms. The minimum atomic E-state index is 0.700. The maximum atomic E-state index is 6.29. The zero-order valence-corrected chi connectivity index (χ0v) is 17.9. The molecular formula is C22H27ClN4O2. The second-order valence-corrected chi connectivity index (χ2v) is 7.80. The van der Waals surface area contributed by atoms with Crippen LogP contribution in [-0.4, -0.2) is 62.0 Å². The lowest BCUT2D eigenvalue weighted by Crippen LogP contribution is -2.47. The molecule has 0 radical (unpaired) electrons. The average molecular weight is 415 g/mol. The Balaban J connectivity index is 1.39. The summed E-state index contributed by atoms with van der Waals surface area (Å²) in [5.41, 5.74) is 4.45. The Bertz CT molecular complexity index is 996. The van der Waals surface area contributed by atoms with E-state index in [1.165, 1.54) is 5.69 Å². The number of rotatable bonds is 6. The van der Waals surface area contributed by atoms with Crippen molar-refractivity contribution in [2.75, 3.05) is 51.8 Å². The average Bonchev–Trinajstić information content (AvgIpc) is 3.15. The number of ether oxygens (including phenoxy) is 2. The molecule has 0 aliphatic carbocycles. The van der Waals surface area contributed by atoms with Gasteiger partial charge in [0.2, 0.25) is 0 Å². The third-order valence-corrected chi connectivity index (χ3v) is 6.18. The van der Waals surface area contributed by atoms with Crippen LogP contribution in [0.3, 0.4) is 0 Å². The van der Waals surface area contributed by atoms with Crippen LogP contribution in [0.4, 0.5) is 5.69 Å². The van der Waals surface area contributed by atoms with Crippen LogP contribution < -0.4 is 14.4 Å². The van der Waals surface area contributed by atoms with Gasteiger partial charge in [-0.3, -0.25) is 10.00 Å². The van der Waals surface area contributed by atoms with Crippen LogP contribution in [0, 0.1) is 6.92 Å². The predicted octanol–water partition coefficient (Wildman–Crippen LogP) is 3.91. The van der Waals surface area contributed by atoms with Gasteiger partial charge < -0.3 is 14.4 Å². The number of hydrogen-bond donors (Lipinski definition) is 1. The summed E-state index contributed by atoms with van der Waals surface area (Å²) in [6.07, 6.45) is 0.919. The van der Waals surface area contributed by atoms with Crippen molar-refractivity contribution >= 4 is 28.2 Å². The van der Waals surface area contributed by atoms with E-state index < -0.39 is 0 Å². The van der Waals surface area contributed by atoms with Gasteiger partial charge in [0, 0.05) is 67.0 Å². The summed E-state index contributed by atoms with van der Waals surface area (Å²) in [5.74, 6) is 1.43. The number of H-pyrrole nitrogens is 1. The van der Waals surface area contributed by atoms with Crippen molar-refractivity contribution in [3.8, 4) is 11.5 Å². The van der Waals surface area contributed by atoms with E-state index >= 15 is 0 Å². The number of nitrogens with zero attached hydrogens (tertiary/aromatic N) is 3. The maximum absolute atomic E-state index is 6.29. The van der Waals surface area contributed by atoms with E-state index in [4.69, 9.17) is 21.1 Å². The second-order valence-electron chi connectivity index (χ2n) is 7.39. The Kier molecular flexibility index (Phi) is 5.83. The Hall–Kier alpha value is -2.44. The van der Waals surface area contributed by atoms with Crippen LogP contribution in [-0.2, 0) is 6.42 Å². The summed E-state index contributed by atoms with van der Waals surface area (Å²) in [4.78, 5) is 4.93. The molecule has 29 heavy (non-hydrogen) atoms. The van der Waals surface area contributed by atoms with Crippen molar-refractivity contribution < 1.29 is 9.47 Å². The smallest absolute Gasteiger partial charge is 0.162 e. The summed E-state index contributed by atoms with van der Waals surface area (Å²) in [6.45, 7) is 7.18. The molecule has 7 heteroatoms. The van der Waals surface area contributed by atoms with E-state index in [1.54, 1.807) is 14.2 Å². The molecule has 2 aromatic carbocycles. The van der Waals surface area contributed by atoms with Crippen LogP contribution in [0.2, 0.25) is 5.02 Å². The molecule has 1 fully saturated rings. The van der Waals surface area contributed by atoms with Crippen LogP contribution in [0.1, 0.15) is 11.3 Å². The molecule has 1 N–H and O–H groups in total. The number of benzene rings is 2. The van der Waals surface area contributed by atoms with Crippen molar-refractivity contribution in [1.82, 2.24) is 15.1 Å². The first-order chi connectivity index (χ1) is 14.1. The molecule has 0 amide bonds. The van der Waals surface area contributed by atoms with Gasteiger partial charge in [-0.2, -0.15) is 5.10 Å². The fraction of sp³-hybridized carbons (Fsp3) is 0.409. The van der Waals surface area contributed by atoms with Gasteiger partial charge in [0.05, 0.1) is 19.7 Å². The standard InChI is InChI=1S/C22H27ClN4O2/c1-15-17(23)5-4-6-20(15)27-11-9-26(10-12-27)8-7-18-16-13-21(28-2)22(29-3)14-19(16)25-24-18/h4-6,13-14H,7-12H2,1-3H3,(H,24,25). The highest BCUT2D eigenvalue weighted by Gasteiger charge is 2.20. The van der Waals surface area contributed by atoms with E-state index in [0.717, 1.165) is 72.1 Å². The van der Waals surface area contributed by atoms with Crippen LogP contribution in [0.15, 0.2) is 30.3 Å². The third kappa shape index (κ3) is 4.00. The number of halogens is 1. The van der Waals surface area contributed by atoms with Crippen molar-refractivity contribution in [2.45, 2.75) is 13.3 Å². The first kappa shape index (κ1) is 19.9. The molecule has 0 spiro atoms. The molecule has 1 saturated heterocycles. The molecule has 0 atom stereocenters. The summed E-state index contributed by atoms with van der Waals surface area (Å²) in [5, 5.41) is 9.56. The lowest BCUT2D eigenvalue weighted by molar-refractivity contribution is 0.260. The van der Waals surface area contributed by atoms with Crippen LogP contribution >= 0.6 is 11.6 Å². The number of methoxy groups -OCH3 is 2. The second kappa shape index (κ2) is 8.51. The van der Waals surface area contributed by atoms with Gasteiger partial charge in [-0.05, 0) is 30.7 Å². The highest BCUT2D eigenvalue weighted by molar-refractivity contribution is 6.31. The number of aromatic amines is 1. The predicted molar refractivity (Wildman–Crippen MR) is 118 cm³/mol. The van der Waals surface area contributed by atoms with Crippen molar-refractivity contribution in [3.63, 3.8) is 0 Å². The van der Waals surface area contributed by atoms with E-state index in [-0.39, 0.29) is 0 Å². The lowest BCUT2D eigenvalue weighted by atomic mass is 10.1. The number of fused-ring (bicyclic) bond motifs is 1. The number of nitrogens with one attached hydrogen (secondary N) is 1. The molecule has 2 heterocycles. The molecule has 4 rings (SSSR count). The summed E-state index contributed by atoms with van der Waals surface area (Å²) in [6, 6.07) is 10.1. The molecular weight excluding hydrogens is 388 g/mol. The highest BCUT2D eigenvalue weighted by Crippen LogP contribution is 2.33. The van der Waals surface area contributed by atoms with Gasteiger partial charge in [0.15, 0.2) is 11.5 Å². The van der Waals surface area contributed by atoms with Gasteiger partial charge in [0.1, 0.15) is 0 Å². The van der Waals surface area contributed by atoms with Crippen molar-refractivity contribution in [1.29, 1.82) is 0 Å². The van der Waals surface area contributed by atoms with Gasteiger partial charge in [-0.15, -0.1) is 0 Å². The molecule has 154 valence electrons. The minimum absolute atomic E-state index is 0.700. The van der Waals surface area contributed by atoms with Gasteiger partial charge in [-0.25, -0.2) is 0 Å². The number of aromatic nitrogens is 2. The number of piperazine rings is 1. The Morgan fingerprint density at radius 2 is 1.79 bits per heavy atom. The molecule has 1 aliphatic rings. The Morgan fingerprint density at radius 3 is 2.52 bits per heavy atom. The Morgan fingerprint density at radius 1 is 1.07 bits per heavy atom. The maximum Gasteiger partial charge on any atom is 0.162 e. The molecule has 1 aromatic heterocycles. The fourth-order valence-electron chi connectivity index (χ4n) is 4.00. The normalized spacial score (nSPS) is 15.1. The number of anilines is 1. The SMILES string of the molecule is COc1cc2n[nH]c(CCN3CCN(c4cccc(Cl)c4C)CC3)c2cc1OC. The van der Waals surface area contributed by atoms with Crippen molar-refractivity contribution in [2.24, 2.45) is 0 Å². The highest BCUT2D eigenvalue weighted by atomic mass is 35.5. The quantitative estimate of drug-likeness (QED) is 0.662. The van der Waals surface area contributed by atoms with Crippen LogP contribution in [0.5, 0.6) is 11.5 Å². The summed E-state index contributed by atoms with van der Waals surface area (Å²) in [7, 11) is 3.30. The lowest BCUT2D eigenvalue weighted by Gasteiger charge is -2.36. The fourth-order valence-corrected chi connectivity index (χ4v) is 4.17. The zero-order chi connectivity index (χ0) is 20.4. The first-order valence-corrected chi connectivity index (χ1v) is 10.3. The van der Waals surface area contributed by atoms with Gasteiger partial charge in [-0.1, -0.05) is 17.7 Å². The third-order valence-electron chi connectivity index (χ3n) is 5.77. The van der Waals surface area contributed by atoms with Crippen LogP contribution in [0.25, 0.3) is 10.9 Å². The topological polar surface area (TPSA) is 53.6 Å². The molecule has 0 saturated carbocycles. The zero-order valence-electron chi connectivity index (χ0n) is 17.2. The number of hydrogen-bond acceptors (Lipinski definition) is 5. The summed E-state index contributed by atoms with van der Waals surface area (Å²) < 4.78 is 10.8. The van der Waals surface area contributed by atoms with Gasteiger partial charge >= 0.3 is 0 Å². The van der Waals surface area contributed by atoms with Gasteiger partial charge in [0.25, 0.3) is 0 Å². The van der Waals surface area contributed by atoms with E-state index in [0.29, 0.717) is 5.75 Å². The van der Waals surface area contributed by atoms with E-state index in [2.05, 4.69) is 33.0 Å². The monoisotopic (exact) mass is 414 g/mol. The van der Waals surface area contributed by atoms with E-state index in [9.17, 15) is 0 Å².